The van der Waals surface area contributed by atoms with Gasteiger partial charge in [-0.25, -0.2) is 8.78 Å². The number of rotatable bonds is 4. The van der Waals surface area contributed by atoms with E-state index in [1.807, 2.05) is 30.3 Å². The number of hydrogen-bond donors (Lipinski definition) is 1. The number of amides is 1. The van der Waals surface area contributed by atoms with Crippen LogP contribution in [-0.4, -0.2) is 25.1 Å². The third-order valence-electron chi connectivity index (χ3n) is 5.33. The number of aromatic nitrogens is 4. The molecule has 0 atom stereocenters. The molecule has 31 heavy (non-hydrogen) atoms. The largest absolute Gasteiger partial charge is 0.322 e. The quantitative estimate of drug-likeness (QED) is 0.549. The summed E-state index contributed by atoms with van der Waals surface area (Å²) >= 11 is 0. The molecule has 0 spiro atoms. The van der Waals surface area contributed by atoms with Crippen molar-refractivity contribution in [2.75, 3.05) is 5.32 Å². The van der Waals surface area contributed by atoms with Crippen LogP contribution in [0.4, 0.5) is 14.5 Å². The zero-order valence-corrected chi connectivity index (χ0v) is 16.3. The highest BCUT2D eigenvalue weighted by atomic mass is 19.1. The van der Waals surface area contributed by atoms with Crippen LogP contribution in [0.2, 0.25) is 0 Å². The molecular formula is C22H17F2N5O2. The molecule has 0 radical (unpaired) electrons. The Morgan fingerprint density at radius 1 is 1.10 bits per heavy atom. The van der Waals surface area contributed by atoms with Crippen molar-refractivity contribution in [3.05, 3.63) is 81.8 Å². The molecule has 7 nitrogen and oxygen atoms in total. The fraction of sp³-hybridized carbons (Fsp3) is 0.182. The lowest BCUT2D eigenvalue weighted by Crippen LogP contribution is -2.28. The van der Waals surface area contributed by atoms with Crippen LogP contribution in [0.3, 0.4) is 0 Å². The van der Waals surface area contributed by atoms with Crippen LogP contribution in [0.25, 0.3) is 17.2 Å². The Kier molecular flexibility index (Phi) is 4.58. The van der Waals surface area contributed by atoms with Crippen molar-refractivity contribution >= 4 is 17.4 Å². The van der Waals surface area contributed by atoms with E-state index in [1.54, 1.807) is 4.57 Å². The average Bonchev–Trinajstić information content (AvgIpc) is 3.42. The van der Waals surface area contributed by atoms with E-state index in [9.17, 15) is 18.4 Å². The maximum Gasteiger partial charge on any atom is 0.279 e. The molecule has 2 heterocycles. The van der Waals surface area contributed by atoms with E-state index in [2.05, 4.69) is 15.4 Å². The Bertz CT molecular complexity index is 1380. The molecule has 156 valence electrons. The summed E-state index contributed by atoms with van der Waals surface area (Å²) in [6.45, 7) is -0.213. The van der Waals surface area contributed by atoms with Gasteiger partial charge in [0.25, 0.3) is 5.56 Å². The van der Waals surface area contributed by atoms with Gasteiger partial charge in [-0.2, -0.15) is 9.50 Å². The number of anilines is 1. The molecule has 0 aliphatic heterocycles. The number of hydrogen-bond acceptors (Lipinski definition) is 4. The Hall–Kier alpha value is -3.88. The number of carbonyl (C=O) groups excluding carboxylic acids is 1. The summed E-state index contributed by atoms with van der Waals surface area (Å²) in [7, 11) is 0. The van der Waals surface area contributed by atoms with Gasteiger partial charge in [0, 0.05) is 22.9 Å². The number of carbonyl (C=O) groups is 1. The lowest BCUT2D eigenvalue weighted by atomic mass is 10.2. The fourth-order valence-electron chi connectivity index (χ4n) is 3.92. The third-order valence-corrected chi connectivity index (χ3v) is 5.33. The first kappa shape index (κ1) is 19.1. The SMILES string of the molecule is O=C(Cn1c2c(c(=O)n3nc(-c4ccccc4)nc13)CCC2)Nc1cc(F)ccc1F. The van der Waals surface area contributed by atoms with Gasteiger partial charge in [0.2, 0.25) is 11.7 Å². The zero-order valence-electron chi connectivity index (χ0n) is 16.3. The van der Waals surface area contributed by atoms with Crippen LogP contribution < -0.4 is 10.9 Å². The molecule has 0 saturated carbocycles. The molecule has 0 bridgehead atoms. The molecule has 0 unspecified atom stereocenters. The van der Waals surface area contributed by atoms with Gasteiger partial charge >= 0.3 is 0 Å². The molecule has 0 fully saturated rings. The normalized spacial score (nSPS) is 12.8. The molecule has 1 N–H and O–H groups in total. The molecule has 2 aromatic heterocycles. The van der Waals surface area contributed by atoms with Crippen molar-refractivity contribution in [1.29, 1.82) is 0 Å². The first-order valence-corrected chi connectivity index (χ1v) is 9.83. The van der Waals surface area contributed by atoms with Crippen LogP contribution in [0.15, 0.2) is 53.3 Å². The number of benzene rings is 2. The molecule has 1 aliphatic rings. The third kappa shape index (κ3) is 3.37. The van der Waals surface area contributed by atoms with Gasteiger partial charge in [0.05, 0.1) is 5.69 Å². The maximum absolute atomic E-state index is 13.9. The highest BCUT2D eigenvalue weighted by molar-refractivity contribution is 5.91. The Balaban J connectivity index is 1.58. The Labute approximate surface area is 175 Å². The summed E-state index contributed by atoms with van der Waals surface area (Å²) < 4.78 is 30.2. The topological polar surface area (TPSA) is 81.3 Å². The highest BCUT2D eigenvalue weighted by Gasteiger charge is 2.25. The standard InChI is InChI=1S/C22H17F2N5O2/c23-14-9-10-16(24)17(11-14)25-19(30)12-28-18-8-4-7-15(18)21(31)29-22(28)26-20(27-29)13-5-2-1-3-6-13/h1-3,5-6,9-11H,4,7-8,12H2,(H,25,30). The Morgan fingerprint density at radius 3 is 2.71 bits per heavy atom. The van der Waals surface area contributed by atoms with Crippen molar-refractivity contribution in [2.45, 2.75) is 25.8 Å². The number of fused-ring (bicyclic) bond motifs is 2. The summed E-state index contributed by atoms with van der Waals surface area (Å²) in [6.07, 6.45) is 1.99. The minimum absolute atomic E-state index is 0.213. The van der Waals surface area contributed by atoms with Crippen LogP contribution in [0.1, 0.15) is 17.7 Å². The van der Waals surface area contributed by atoms with Gasteiger partial charge in [-0.15, -0.1) is 5.10 Å². The van der Waals surface area contributed by atoms with Crippen LogP contribution in [-0.2, 0) is 24.2 Å². The van der Waals surface area contributed by atoms with E-state index >= 15 is 0 Å². The second kappa shape index (κ2) is 7.42. The van der Waals surface area contributed by atoms with Crippen molar-refractivity contribution < 1.29 is 13.6 Å². The minimum Gasteiger partial charge on any atom is -0.322 e. The predicted octanol–water partition coefficient (Wildman–Crippen LogP) is 2.96. The second-order valence-corrected chi connectivity index (χ2v) is 7.36. The number of nitrogens with one attached hydrogen (secondary N) is 1. The molecule has 2 aromatic carbocycles. The van der Waals surface area contributed by atoms with Gasteiger partial charge in [-0.05, 0) is 31.4 Å². The van der Waals surface area contributed by atoms with E-state index in [-0.39, 0.29) is 23.6 Å². The summed E-state index contributed by atoms with van der Waals surface area (Å²) in [5.41, 5.74) is 1.57. The molecule has 9 heteroatoms. The summed E-state index contributed by atoms with van der Waals surface area (Å²) in [6, 6.07) is 12.1. The Morgan fingerprint density at radius 2 is 1.90 bits per heavy atom. The van der Waals surface area contributed by atoms with E-state index in [0.29, 0.717) is 24.2 Å². The van der Waals surface area contributed by atoms with Crippen molar-refractivity contribution in [2.24, 2.45) is 0 Å². The minimum atomic E-state index is -0.737. The van der Waals surface area contributed by atoms with Crippen LogP contribution >= 0.6 is 0 Å². The highest BCUT2D eigenvalue weighted by Crippen LogP contribution is 2.23. The maximum atomic E-state index is 13.9. The van der Waals surface area contributed by atoms with Crippen molar-refractivity contribution in [3.63, 3.8) is 0 Å². The summed E-state index contributed by atoms with van der Waals surface area (Å²) in [5, 5.41) is 6.77. The van der Waals surface area contributed by atoms with Gasteiger partial charge in [0.15, 0.2) is 5.82 Å². The van der Waals surface area contributed by atoms with Gasteiger partial charge < -0.3 is 9.88 Å². The molecule has 4 aromatic rings. The van der Waals surface area contributed by atoms with Crippen LogP contribution in [0, 0.1) is 11.6 Å². The lowest BCUT2D eigenvalue weighted by Gasteiger charge is -2.14. The summed E-state index contributed by atoms with van der Waals surface area (Å²) in [4.78, 5) is 30.1. The molecule has 5 rings (SSSR count). The smallest absolute Gasteiger partial charge is 0.279 e. The predicted molar refractivity (Wildman–Crippen MR) is 110 cm³/mol. The van der Waals surface area contributed by atoms with Crippen molar-refractivity contribution in [3.8, 4) is 11.4 Å². The van der Waals surface area contributed by atoms with E-state index < -0.39 is 17.5 Å². The van der Waals surface area contributed by atoms with E-state index in [0.717, 1.165) is 35.9 Å². The van der Waals surface area contributed by atoms with Crippen LogP contribution in [0.5, 0.6) is 0 Å². The van der Waals surface area contributed by atoms with Gasteiger partial charge in [-0.1, -0.05) is 30.3 Å². The van der Waals surface area contributed by atoms with E-state index in [1.165, 1.54) is 4.52 Å². The molecule has 0 saturated heterocycles. The average molecular weight is 421 g/mol. The second-order valence-electron chi connectivity index (χ2n) is 7.36. The molecular weight excluding hydrogens is 404 g/mol. The lowest BCUT2D eigenvalue weighted by molar-refractivity contribution is -0.116. The zero-order chi connectivity index (χ0) is 21.5. The van der Waals surface area contributed by atoms with Crippen molar-refractivity contribution in [1.82, 2.24) is 19.2 Å². The monoisotopic (exact) mass is 421 g/mol. The van der Waals surface area contributed by atoms with Gasteiger partial charge in [-0.3, -0.25) is 9.59 Å². The van der Waals surface area contributed by atoms with Gasteiger partial charge in [0.1, 0.15) is 18.2 Å². The molecule has 1 amide bonds. The summed E-state index contributed by atoms with van der Waals surface area (Å²) in [5.74, 6) is -1.35. The number of nitrogens with zero attached hydrogens (tertiary/aromatic N) is 4. The van der Waals surface area contributed by atoms with E-state index in [4.69, 9.17) is 0 Å². The first-order chi connectivity index (χ1) is 15.0. The molecule has 1 aliphatic carbocycles. The fourth-order valence-corrected chi connectivity index (χ4v) is 3.92. The number of halogens is 2. The first-order valence-electron chi connectivity index (χ1n) is 9.83.